The number of carbonyl (C=O) groups excluding carboxylic acids is 1. The van der Waals surface area contributed by atoms with Gasteiger partial charge in [0, 0.05) is 10.4 Å². The van der Waals surface area contributed by atoms with E-state index in [1.54, 1.807) is 24.3 Å². The SMILES string of the molecule is CCOc1ccccc1-c1nc(CC(=O)OCCOc2cccc(Cl)c2)cs1. The summed E-state index contributed by atoms with van der Waals surface area (Å²) < 4.78 is 16.4. The molecule has 0 amide bonds. The van der Waals surface area contributed by atoms with Crippen LogP contribution in [0, 0.1) is 0 Å². The summed E-state index contributed by atoms with van der Waals surface area (Å²) in [7, 11) is 0. The number of ether oxygens (including phenoxy) is 3. The highest BCUT2D eigenvalue weighted by atomic mass is 35.5. The molecule has 0 unspecified atom stereocenters. The fraction of sp³-hybridized carbons (Fsp3) is 0.238. The molecule has 0 saturated carbocycles. The molecule has 0 atom stereocenters. The summed E-state index contributed by atoms with van der Waals surface area (Å²) in [6.45, 7) is 2.95. The number of rotatable bonds is 9. The maximum absolute atomic E-state index is 12.0. The van der Waals surface area contributed by atoms with E-state index >= 15 is 0 Å². The Morgan fingerprint density at radius 3 is 2.79 bits per heavy atom. The Morgan fingerprint density at radius 1 is 1.11 bits per heavy atom. The zero-order chi connectivity index (χ0) is 19.8. The van der Waals surface area contributed by atoms with E-state index in [9.17, 15) is 4.79 Å². The smallest absolute Gasteiger partial charge is 0.312 e. The van der Waals surface area contributed by atoms with E-state index in [1.807, 2.05) is 36.6 Å². The van der Waals surface area contributed by atoms with Gasteiger partial charge in [0.05, 0.1) is 24.3 Å². The molecule has 0 bridgehead atoms. The summed E-state index contributed by atoms with van der Waals surface area (Å²) in [5.41, 5.74) is 1.59. The lowest BCUT2D eigenvalue weighted by molar-refractivity contribution is -0.143. The second kappa shape index (κ2) is 10.1. The van der Waals surface area contributed by atoms with E-state index in [1.165, 1.54) is 11.3 Å². The van der Waals surface area contributed by atoms with Crippen LogP contribution in [0.5, 0.6) is 11.5 Å². The summed E-state index contributed by atoms with van der Waals surface area (Å²) in [6.07, 6.45) is 0.116. The first-order valence-corrected chi connectivity index (χ1v) is 10.1. The van der Waals surface area contributed by atoms with Crippen LogP contribution in [0.15, 0.2) is 53.9 Å². The number of halogens is 1. The average Bonchev–Trinajstić information content (AvgIpc) is 3.14. The number of benzene rings is 2. The van der Waals surface area contributed by atoms with Crippen LogP contribution in [0.25, 0.3) is 10.6 Å². The molecule has 0 spiro atoms. The number of carbonyl (C=O) groups is 1. The molecule has 146 valence electrons. The average molecular weight is 418 g/mol. The van der Waals surface area contributed by atoms with Gasteiger partial charge in [-0.05, 0) is 37.3 Å². The predicted molar refractivity (Wildman–Crippen MR) is 110 cm³/mol. The zero-order valence-electron chi connectivity index (χ0n) is 15.4. The Balaban J connectivity index is 1.49. The number of esters is 1. The van der Waals surface area contributed by atoms with Crippen molar-refractivity contribution in [3.05, 3.63) is 64.6 Å². The lowest BCUT2D eigenvalue weighted by atomic mass is 10.2. The van der Waals surface area contributed by atoms with E-state index in [-0.39, 0.29) is 25.6 Å². The molecule has 0 fully saturated rings. The number of aromatic nitrogens is 1. The summed E-state index contributed by atoms with van der Waals surface area (Å²) in [5, 5.41) is 3.28. The third-order valence-electron chi connectivity index (χ3n) is 3.71. The maximum atomic E-state index is 12.0. The fourth-order valence-corrected chi connectivity index (χ4v) is 3.54. The third kappa shape index (κ3) is 5.71. The van der Waals surface area contributed by atoms with E-state index < -0.39 is 0 Å². The number of thiazole rings is 1. The summed E-state index contributed by atoms with van der Waals surface area (Å²) in [5.74, 6) is 1.08. The van der Waals surface area contributed by atoms with Crippen LogP contribution in [-0.4, -0.2) is 30.8 Å². The molecule has 0 N–H and O–H groups in total. The molecule has 0 aliphatic heterocycles. The van der Waals surface area contributed by atoms with Gasteiger partial charge in [-0.15, -0.1) is 11.3 Å². The normalized spacial score (nSPS) is 10.5. The van der Waals surface area contributed by atoms with Crippen molar-refractivity contribution < 1.29 is 19.0 Å². The molecular formula is C21H20ClNO4S. The zero-order valence-corrected chi connectivity index (χ0v) is 17.0. The highest BCUT2D eigenvalue weighted by Gasteiger charge is 2.13. The molecule has 0 aliphatic rings. The van der Waals surface area contributed by atoms with E-state index in [4.69, 9.17) is 25.8 Å². The molecule has 0 saturated heterocycles. The largest absolute Gasteiger partial charge is 0.493 e. The second-order valence-electron chi connectivity index (χ2n) is 5.78. The number of nitrogens with zero attached hydrogens (tertiary/aromatic N) is 1. The third-order valence-corrected chi connectivity index (χ3v) is 4.87. The molecular weight excluding hydrogens is 398 g/mol. The fourth-order valence-electron chi connectivity index (χ4n) is 2.51. The second-order valence-corrected chi connectivity index (χ2v) is 7.07. The van der Waals surface area contributed by atoms with Gasteiger partial charge in [-0.1, -0.05) is 29.8 Å². The minimum absolute atomic E-state index is 0.116. The van der Waals surface area contributed by atoms with Crippen molar-refractivity contribution in [2.24, 2.45) is 0 Å². The van der Waals surface area contributed by atoms with Crippen molar-refractivity contribution in [3.8, 4) is 22.1 Å². The Morgan fingerprint density at radius 2 is 1.96 bits per heavy atom. The van der Waals surface area contributed by atoms with Crippen molar-refractivity contribution in [1.29, 1.82) is 0 Å². The van der Waals surface area contributed by atoms with Gasteiger partial charge in [0.25, 0.3) is 0 Å². The minimum atomic E-state index is -0.343. The van der Waals surface area contributed by atoms with E-state index in [0.717, 1.165) is 16.3 Å². The van der Waals surface area contributed by atoms with E-state index in [0.29, 0.717) is 23.1 Å². The monoisotopic (exact) mass is 417 g/mol. The van der Waals surface area contributed by atoms with Crippen molar-refractivity contribution in [2.45, 2.75) is 13.3 Å². The van der Waals surface area contributed by atoms with Gasteiger partial charge in [-0.2, -0.15) is 0 Å². The van der Waals surface area contributed by atoms with E-state index in [2.05, 4.69) is 4.98 Å². The Hall–Kier alpha value is -2.57. The first-order valence-electron chi connectivity index (χ1n) is 8.86. The van der Waals surface area contributed by atoms with Gasteiger partial charge in [-0.3, -0.25) is 4.79 Å². The van der Waals surface area contributed by atoms with Gasteiger partial charge >= 0.3 is 5.97 Å². The first kappa shape index (κ1) is 20.2. The molecule has 28 heavy (non-hydrogen) atoms. The molecule has 2 aromatic carbocycles. The van der Waals surface area contributed by atoms with Crippen LogP contribution in [-0.2, 0) is 16.0 Å². The number of hydrogen-bond donors (Lipinski definition) is 0. The molecule has 1 aromatic heterocycles. The molecule has 3 rings (SSSR count). The maximum Gasteiger partial charge on any atom is 0.312 e. The van der Waals surface area contributed by atoms with Crippen molar-refractivity contribution in [1.82, 2.24) is 4.98 Å². The Labute approximate surface area is 172 Å². The predicted octanol–water partition coefficient (Wildman–Crippen LogP) is 5.03. The van der Waals surface area contributed by atoms with Crippen LogP contribution < -0.4 is 9.47 Å². The Bertz CT molecular complexity index is 928. The quantitative estimate of drug-likeness (QED) is 0.361. The summed E-state index contributed by atoms with van der Waals surface area (Å²) >= 11 is 7.37. The Kier molecular flexibility index (Phi) is 7.28. The molecule has 3 aromatic rings. The van der Waals surface area contributed by atoms with Gasteiger partial charge in [0.2, 0.25) is 0 Å². The minimum Gasteiger partial charge on any atom is -0.493 e. The molecule has 7 heteroatoms. The lowest BCUT2D eigenvalue weighted by Gasteiger charge is -2.07. The van der Waals surface area contributed by atoms with Crippen LogP contribution in [0.4, 0.5) is 0 Å². The lowest BCUT2D eigenvalue weighted by Crippen LogP contribution is -2.14. The van der Waals surface area contributed by atoms with Crippen molar-refractivity contribution in [3.63, 3.8) is 0 Å². The molecule has 0 radical (unpaired) electrons. The standard InChI is InChI=1S/C21H20ClNO4S/c1-2-25-19-9-4-3-8-18(19)21-23-16(14-28-21)13-20(24)27-11-10-26-17-7-5-6-15(22)12-17/h3-9,12,14H,2,10-11,13H2,1H3. The summed E-state index contributed by atoms with van der Waals surface area (Å²) in [4.78, 5) is 16.6. The van der Waals surface area contributed by atoms with Gasteiger partial charge < -0.3 is 14.2 Å². The molecule has 0 aliphatic carbocycles. The van der Waals surface area contributed by atoms with Crippen molar-refractivity contribution >= 4 is 28.9 Å². The van der Waals surface area contributed by atoms with Gasteiger partial charge in [0.1, 0.15) is 29.7 Å². The van der Waals surface area contributed by atoms with Gasteiger partial charge in [0.15, 0.2) is 0 Å². The van der Waals surface area contributed by atoms with Crippen LogP contribution in [0.2, 0.25) is 5.02 Å². The topological polar surface area (TPSA) is 57.7 Å². The number of hydrogen-bond acceptors (Lipinski definition) is 6. The van der Waals surface area contributed by atoms with Crippen LogP contribution >= 0.6 is 22.9 Å². The highest BCUT2D eigenvalue weighted by molar-refractivity contribution is 7.13. The van der Waals surface area contributed by atoms with Crippen LogP contribution in [0.3, 0.4) is 0 Å². The van der Waals surface area contributed by atoms with Gasteiger partial charge in [-0.25, -0.2) is 4.98 Å². The molecule has 1 heterocycles. The number of para-hydroxylation sites is 1. The first-order chi connectivity index (χ1) is 13.7. The highest BCUT2D eigenvalue weighted by Crippen LogP contribution is 2.32. The summed E-state index contributed by atoms with van der Waals surface area (Å²) in [6, 6.07) is 14.8. The molecule has 5 nitrogen and oxygen atoms in total. The van der Waals surface area contributed by atoms with Crippen LogP contribution in [0.1, 0.15) is 12.6 Å². The van der Waals surface area contributed by atoms with Crippen molar-refractivity contribution in [2.75, 3.05) is 19.8 Å².